The van der Waals surface area contributed by atoms with Crippen molar-refractivity contribution in [2.24, 2.45) is 0 Å². The molecule has 0 radical (unpaired) electrons. The molecule has 0 bridgehead atoms. The van der Waals surface area contributed by atoms with Gasteiger partial charge in [-0.05, 0) is 69.9 Å². The number of amides is 1. The predicted molar refractivity (Wildman–Crippen MR) is 126 cm³/mol. The molecule has 1 atom stereocenters. The quantitative estimate of drug-likeness (QED) is 0.528. The van der Waals surface area contributed by atoms with Gasteiger partial charge in [-0.15, -0.1) is 0 Å². The van der Waals surface area contributed by atoms with Crippen molar-refractivity contribution in [2.45, 2.75) is 59.1 Å². The average molecular weight is 447 g/mol. The van der Waals surface area contributed by atoms with Crippen LogP contribution < -0.4 is 14.4 Å². The zero-order chi connectivity index (χ0) is 23.0. The van der Waals surface area contributed by atoms with Crippen molar-refractivity contribution in [3.63, 3.8) is 0 Å². The molecule has 0 saturated heterocycles. The molecule has 0 aromatic heterocycles. The van der Waals surface area contributed by atoms with Crippen LogP contribution in [0.3, 0.4) is 0 Å². The molecule has 0 aliphatic carbocycles. The van der Waals surface area contributed by atoms with E-state index in [9.17, 15) is 13.2 Å². The maximum Gasteiger partial charge on any atom is 0.243 e. The minimum Gasteiger partial charge on any atom is -0.491 e. The molecule has 2 aromatic carbocycles. The van der Waals surface area contributed by atoms with Gasteiger partial charge in [-0.25, -0.2) is 8.42 Å². The number of sulfonamides is 1. The van der Waals surface area contributed by atoms with E-state index in [4.69, 9.17) is 4.74 Å². The molecule has 0 aliphatic heterocycles. The molecule has 0 unspecified atom stereocenters. The Kier molecular flexibility index (Phi) is 8.92. The van der Waals surface area contributed by atoms with Crippen molar-refractivity contribution in [3.8, 4) is 5.75 Å². The fourth-order valence-electron chi connectivity index (χ4n) is 3.38. The maximum atomic E-state index is 12.8. The molecule has 2 aromatic rings. The van der Waals surface area contributed by atoms with Crippen LogP contribution in [-0.2, 0) is 21.2 Å². The highest BCUT2D eigenvalue weighted by Crippen LogP contribution is 2.23. The molecule has 0 fully saturated rings. The third kappa shape index (κ3) is 7.58. The second kappa shape index (κ2) is 11.2. The molecule has 0 heterocycles. The number of nitrogens with one attached hydrogen (secondary N) is 1. The van der Waals surface area contributed by atoms with Crippen LogP contribution in [0.5, 0.6) is 5.75 Å². The Hall–Kier alpha value is -2.54. The molecule has 0 aliphatic rings. The molecule has 31 heavy (non-hydrogen) atoms. The minimum atomic E-state index is -3.61. The van der Waals surface area contributed by atoms with Crippen molar-refractivity contribution in [1.82, 2.24) is 5.32 Å². The van der Waals surface area contributed by atoms with Crippen LogP contribution in [0.4, 0.5) is 5.69 Å². The highest BCUT2D eigenvalue weighted by atomic mass is 32.2. The van der Waals surface area contributed by atoms with E-state index in [1.807, 2.05) is 64.1 Å². The predicted octanol–water partition coefficient (Wildman–Crippen LogP) is 4.08. The summed E-state index contributed by atoms with van der Waals surface area (Å²) in [5.74, 6) is 0.559. The molecule has 0 saturated carbocycles. The third-order valence-corrected chi connectivity index (χ3v) is 6.03. The molecule has 170 valence electrons. The van der Waals surface area contributed by atoms with Gasteiger partial charge >= 0.3 is 0 Å². The van der Waals surface area contributed by atoms with E-state index in [-0.39, 0.29) is 12.0 Å². The van der Waals surface area contributed by atoms with E-state index in [0.29, 0.717) is 18.7 Å². The minimum absolute atomic E-state index is 0.138. The third-order valence-electron chi connectivity index (χ3n) is 4.85. The van der Waals surface area contributed by atoms with E-state index in [1.54, 1.807) is 12.1 Å². The summed E-state index contributed by atoms with van der Waals surface area (Å²) in [6, 6.07) is 14.3. The number of rotatable bonds is 11. The van der Waals surface area contributed by atoms with Gasteiger partial charge in [-0.3, -0.25) is 9.10 Å². The van der Waals surface area contributed by atoms with Crippen LogP contribution in [0.15, 0.2) is 48.5 Å². The Morgan fingerprint density at radius 1 is 1.06 bits per heavy atom. The summed E-state index contributed by atoms with van der Waals surface area (Å²) in [6.07, 6.45) is 3.22. The number of carbonyl (C=O) groups excluding carboxylic acids is 1. The topological polar surface area (TPSA) is 75.7 Å². The first-order chi connectivity index (χ1) is 14.6. The number of nitrogens with zero attached hydrogens (tertiary/aromatic N) is 1. The molecule has 7 heteroatoms. The largest absolute Gasteiger partial charge is 0.491 e. The van der Waals surface area contributed by atoms with E-state index in [2.05, 4.69) is 5.32 Å². The fraction of sp³-hybridized carbons (Fsp3) is 0.458. The van der Waals surface area contributed by atoms with Crippen LogP contribution in [0.2, 0.25) is 0 Å². The van der Waals surface area contributed by atoms with Gasteiger partial charge < -0.3 is 10.1 Å². The smallest absolute Gasteiger partial charge is 0.243 e. The van der Waals surface area contributed by atoms with Crippen LogP contribution in [0.1, 0.15) is 44.7 Å². The summed E-state index contributed by atoms with van der Waals surface area (Å²) in [4.78, 5) is 12.8. The second-order valence-electron chi connectivity index (χ2n) is 8.02. The van der Waals surface area contributed by atoms with Crippen molar-refractivity contribution in [2.75, 3.05) is 17.1 Å². The summed E-state index contributed by atoms with van der Waals surface area (Å²) < 4.78 is 31.8. The molecule has 2 rings (SSSR count). The van der Waals surface area contributed by atoms with Gasteiger partial charge in [-0.2, -0.15) is 0 Å². The number of carbonyl (C=O) groups is 1. The number of anilines is 1. The summed E-state index contributed by atoms with van der Waals surface area (Å²) >= 11 is 0. The first-order valence-electron chi connectivity index (χ1n) is 10.7. The fourth-order valence-corrected chi connectivity index (χ4v) is 4.59. The van der Waals surface area contributed by atoms with Gasteiger partial charge in [0, 0.05) is 6.54 Å². The van der Waals surface area contributed by atoms with E-state index >= 15 is 0 Å². The highest BCUT2D eigenvalue weighted by Gasteiger charge is 2.31. The zero-order valence-electron chi connectivity index (χ0n) is 19.1. The number of benzene rings is 2. The van der Waals surface area contributed by atoms with Gasteiger partial charge in [0.05, 0.1) is 18.0 Å². The monoisotopic (exact) mass is 446 g/mol. The normalized spacial score (nSPS) is 12.5. The van der Waals surface area contributed by atoms with Crippen molar-refractivity contribution in [1.29, 1.82) is 0 Å². The van der Waals surface area contributed by atoms with Gasteiger partial charge in [-0.1, -0.05) is 36.8 Å². The van der Waals surface area contributed by atoms with Crippen molar-refractivity contribution in [3.05, 3.63) is 59.7 Å². The van der Waals surface area contributed by atoms with Gasteiger partial charge in [0.2, 0.25) is 15.9 Å². The Labute approximate surface area is 186 Å². The summed E-state index contributed by atoms with van der Waals surface area (Å²) in [6.45, 7) is 8.21. The number of hydrogen-bond acceptors (Lipinski definition) is 4. The lowest BCUT2D eigenvalue weighted by Gasteiger charge is -2.30. The number of hydrogen-bond donors (Lipinski definition) is 1. The Bertz CT molecular complexity index is 939. The summed E-state index contributed by atoms with van der Waals surface area (Å²) in [5, 5.41) is 2.91. The lowest BCUT2D eigenvalue weighted by Crippen LogP contribution is -2.49. The van der Waals surface area contributed by atoms with Crippen molar-refractivity contribution < 1.29 is 17.9 Å². The Balaban J connectivity index is 1.96. The highest BCUT2D eigenvalue weighted by molar-refractivity contribution is 7.92. The molecule has 6 nitrogen and oxygen atoms in total. The standard InChI is InChI=1S/C24H34N2O4S/c1-6-23(26(31(5,28)29)21-13-9-19(4)10-14-21)24(27)25-17-7-8-20-11-15-22(16-12-20)30-18(2)3/h9-16,18,23H,6-8,17H2,1-5H3,(H,25,27)/t23-/m0/s1. The number of ether oxygens (including phenoxy) is 1. The summed E-state index contributed by atoms with van der Waals surface area (Å²) in [7, 11) is -3.61. The second-order valence-corrected chi connectivity index (χ2v) is 9.88. The molecule has 1 amide bonds. The first-order valence-corrected chi connectivity index (χ1v) is 12.6. The molecular weight excluding hydrogens is 412 g/mol. The maximum absolute atomic E-state index is 12.8. The van der Waals surface area contributed by atoms with E-state index in [0.717, 1.165) is 36.0 Å². The molecule has 0 spiro atoms. The average Bonchev–Trinajstić information content (AvgIpc) is 2.70. The zero-order valence-corrected chi connectivity index (χ0v) is 19.9. The van der Waals surface area contributed by atoms with E-state index in [1.165, 1.54) is 4.31 Å². The van der Waals surface area contributed by atoms with Crippen molar-refractivity contribution >= 4 is 21.6 Å². The van der Waals surface area contributed by atoms with Gasteiger partial charge in [0.15, 0.2) is 0 Å². The lowest BCUT2D eigenvalue weighted by molar-refractivity contribution is -0.122. The van der Waals surface area contributed by atoms with Crippen LogP contribution in [0, 0.1) is 6.92 Å². The van der Waals surface area contributed by atoms with Gasteiger partial charge in [0.1, 0.15) is 11.8 Å². The Morgan fingerprint density at radius 3 is 2.19 bits per heavy atom. The van der Waals surface area contributed by atoms with Crippen LogP contribution >= 0.6 is 0 Å². The lowest BCUT2D eigenvalue weighted by atomic mass is 10.1. The van der Waals surface area contributed by atoms with Gasteiger partial charge in [0.25, 0.3) is 0 Å². The number of aryl methyl sites for hydroxylation is 2. The van der Waals surface area contributed by atoms with Crippen LogP contribution in [-0.4, -0.2) is 39.3 Å². The first kappa shape index (κ1) is 24.7. The Morgan fingerprint density at radius 2 is 1.68 bits per heavy atom. The summed E-state index contributed by atoms with van der Waals surface area (Å²) in [5.41, 5.74) is 2.69. The molecular formula is C24H34N2O4S. The van der Waals surface area contributed by atoms with Crippen LogP contribution in [0.25, 0.3) is 0 Å². The van der Waals surface area contributed by atoms with E-state index < -0.39 is 16.1 Å². The molecule has 1 N–H and O–H groups in total. The SMILES string of the molecule is CC[C@@H](C(=O)NCCCc1ccc(OC(C)C)cc1)N(c1ccc(C)cc1)S(C)(=O)=O.